The average Bonchev–Trinajstić information content (AvgIpc) is 3.21. The van der Waals surface area contributed by atoms with E-state index in [4.69, 9.17) is 0 Å². The molecule has 0 saturated carbocycles. The van der Waals surface area contributed by atoms with E-state index in [1.54, 1.807) is 4.40 Å². The summed E-state index contributed by atoms with van der Waals surface area (Å²) in [6.07, 6.45) is 4.03. The molecule has 0 fully saturated rings. The molecule has 5 rings (SSSR count). The smallest absolute Gasteiger partial charge is 0.274 e. The lowest BCUT2D eigenvalue weighted by Crippen LogP contribution is -2.22. The van der Waals surface area contributed by atoms with Crippen LogP contribution in [0.2, 0.25) is 0 Å². The van der Waals surface area contributed by atoms with Gasteiger partial charge in [-0.2, -0.15) is 0 Å². The van der Waals surface area contributed by atoms with Crippen LogP contribution >= 0.6 is 11.3 Å². The highest BCUT2D eigenvalue weighted by Crippen LogP contribution is 2.21. The lowest BCUT2D eigenvalue weighted by atomic mass is 10.2. The number of para-hydroxylation sites is 3. The van der Waals surface area contributed by atoms with Gasteiger partial charge in [-0.15, -0.1) is 0 Å². The molecule has 0 aliphatic carbocycles. The highest BCUT2D eigenvalue weighted by molar-refractivity contribution is 7.15. The largest absolute Gasteiger partial charge is 0.350 e. The Morgan fingerprint density at radius 2 is 1.79 bits per heavy atom. The number of imidazole rings is 1. The van der Waals surface area contributed by atoms with Gasteiger partial charge in [0.15, 0.2) is 4.96 Å². The molecule has 0 N–H and O–H groups in total. The minimum atomic E-state index is -0.00312. The number of rotatable bonds is 1. The van der Waals surface area contributed by atoms with E-state index in [0.29, 0.717) is 4.53 Å². The number of aromatic nitrogens is 3. The average molecular weight is 331 g/mol. The molecule has 0 atom stereocenters. The molecular formula is C19H13N3OS. The van der Waals surface area contributed by atoms with Crippen LogP contribution in [0, 0.1) is 0 Å². The molecule has 0 amide bonds. The third kappa shape index (κ3) is 1.79. The van der Waals surface area contributed by atoms with Crippen molar-refractivity contribution in [3.05, 3.63) is 75.2 Å². The number of nitrogens with zero attached hydrogens (tertiary/aromatic N) is 3. The number of aryl methyl sites for hydroxylation is 1. The zero-order valence-corrected chi connectivity index (χ0v) is 13.7. The molecule has 0 saturated heterocycles. The van der Waals surface area contributed by atoms with Crippen molar-refractivity contribution in [1.29, 1.82) is 0 Å². The molecule has 5 heteroatoms. The Bertz CT molecular complexity index is 1340. The van der Waals surface area contributed by atoms with E-state index >= 15 is 0 Å². The minimum Gasteiger partial charge on any atom is -0.350 e. The maximum absolute atomic E-state index is 12.8. The summed E-state index contributed by atoms with van der Waals surface area (Å²) in [5, 5.41) is 1.15. The van der Waals surface area contributed by atoms with Crippen LogP contribution in [0.4, 0.5) is 0 Å². The molecule has 0 spiro atoms. The standard InChI is InChI=1S/C19H13N3OS/c1-21-11-12(13-6-2-4-8-15(13)21)10-17-18(23)22-16-9-5-3-7-14(16)20-19(22)24-17/h2-11H,1H3. The number of benzene rings is 2. The number of hydrogen-bond donors (Lipinski definition) is 0. The van der Waals surface area contributed by atoms with Gasteiger partial charge >= 0.3 is 0 Å². The Kier molecular flexibility index (Phi) is 2.69. The van der Waals surface area contributed by atoms with Crippen LogP contribution < -0.4 is 10.1 Å². The summed E-state index contributed by atoms with van der Waals surface area (Å²) in [5.74, 6) is 0. The van der Waals surface area contributed by atoms with E-state index in [0.717, 1.165) is 32.5 Å². The van der Waals surface area contributed by atoms with Crippen molar-refractivity contribution in [3.8, 4) is 0 Å². The third-order valence-corrected chi connectivity index (χ3v) is 5.33. The normalized spacial score (nSPS) is 12.8. The maximum Gasteiger partial charge on any atom is 0.274 e. The lowest BCUT2D eigenvalue weighted by Gasteiger charge is -1.92. The van der Waals surface area contributed by atoms with Gasteiger partial charge in [-0.1, -0.05) is 41.7 Å². The molecule has 3 aromatic heterocycles. The molecule has 5 aromatic rings. The molecule has 0 aliphatic rings. The summed E-state index contributed by atoms with van der Waals surface area (Å²) in [6.45, 7) is 0. The number of fused-ring (bicyclic) bond motifs is 4. The van der Waals surface area contributed by atoms with Gasteiger partial charge in [0, 0.05) is 29.7 Å². The molecule has 0 unspecified atom stereocenters. The molecule has 2 aromatic carbocycles. The fraction of sp³-hybridized carbons (Fsp3) is 0.0526. The molecule has 0 aliphatic heterocycles. The Hall–Kier alpha value is -2.92. The summed E-state index contributed by atoms with van der Waals surface area (Å²) < 4.78 is 4.50. The van der Waals surface area contributed by atoms with Gasteiger partial charge in [0.1, 0.15) is 0 Å². The predicted molar refractivity (Wildman–Crippen MR) is 98.5 cm³/mol. The van der Waals surface area contributed by atoms with E-state index in [2.05, 4.69) is 27.9 Å². The predicted octanol–water partition coefficient (Wildman–Crippen LogP) is 2.95. The minimum absolute atomic E-state index is 0.00312. The van der Waals surface area contributed by atoms with Crippen LogP contribution in [0.5, 0.6) is 0 Å². The van der Waals surface area contributed by atoms with Crippen molar-refractivity contribution in [2.45, 2.75) is 0 Å². The summed E-state index contributed by atoms with van der Waals surface area (Å²) in [5.41, 5.74) is 3.93. The highest BCUT2D eigenvalue weighted by Gasteiger charge is 2.11. The molecule has 24 heavy (non-hydrogen) atoms. The highest BCUT2D eigenvalue weighted by atomic mass is 32.1. The van der Waals surface area contributed by atoms with Crippen molar-refractivity contribution >= 4 is 44.3 Å². The second kappa shape index (κ2) is 4.79. The summed E-state index contributed by atoms with van der Waals surface area (Å²) in [6, 6.07) is 15.9. The van der Waals surface area contributed by atoms with Gasteiger partial charge < -0.3 is 4.57 Å². The second-order valence-corrected chi connectivity index (χ2v) is 6.86. The van der Waals surface area contributed by atoms with Crippen molar-refractivity contribution in [2.75, 3.05) is 0 Å². The first kappa shape index (κ1) is 13.5. The van der Waals surface area contributed by atoms with E-state index in [1.807, 2.05) is 49.5 Å². The number of hydrogen-bond acceptors (Lipinski definition) is 3. The van der Waals surface area contributed by atoms with Crippen molar-refractivity contribution < 1.29 is 0 Å². The van der Waals surface area contributed by atoms with Gasteiger partial charge in [-0.3, -0.25) is 4.79 Å². The monoisotopic (exact) mass is 331 g/mol. The van der Waals surface area contributed by atoms with E-state index in [-0.39, 0.29) is 5.56 Å². The van der Waals surface area contributed by atoms with E-state index in [9.17, 15) is 4.79 Å². The first-order valence-electron chi connectivity index (χ1n) is 7.68. The van der Waals surface area contributed by atoms with Gasteiger partial charge in [-0.05, 0) is 24.3 Å². The molecule has 116 valence electrons. The summed E-state index contributed by atoms with van der Waals surface area (Å²) in [7, 11) is 2.02. The lowest BCUT2D eigenvalue weighted by molar-refractivity contribution is 0.968. The Balaban J connectivity index is 1.84. The first-order valence-corrected chi connectivity index (χ1v) is 8.50. The molecule has 3 heterocycles. The Morgan fingerprint density at radius 1 is 1.04 bits per heavy atom. The Morgan fingerprint density at radius 3 is 2.67 bits per heavy atom. The zero-order valence-electron chi connectivity index (χ0n) is 12.9. The van der Waals surface area contributed by atoms with Crippen LogP contribution in [0.1, 0.15) is 5.56 Å². The van der Waals surface area contributed by atoms with Gasteiger partial charge in [0.05, 0.1) is 15.6 Å². The summed E-state index contributed by atoms with van der Waals surface area (Å²) in [4.78, 5) is 18.2. The third-order valence-electron chi connectivity index (χ3n) is 4.36. The maximum atomic E-state index is 12.8. The van der Waals surface area contributed by atoms with Crippen LogP contribution in [-0.4, -0.2) is 14.0 Å². The molecule has 0 bridgehead atoms. The quantitative estimate of drug-likeness (QED) is 0.474. The SMILES string of the molecule is Cn1cc(C=c2sc3nc4ccccc4n3c2=O)c2ccccc21. The summed E-state index contributed by atoms with van der Waals surface area (Å²) >= 11 is 1.44. The number of thiazole rings is 1. The van der Waals surface area contributed by atoms with Gasteiger partial charge in [-0.25, -0.2) is 9.38 Å². The van der Waals surface area contributed by atoms with Crippen molar-refractivity contribution in [3.63, 3.8) is 0 Å². The fourth-order valence-corrected chi connectivity index (χ4v) is 4.22. The second-order valence-electron chi connectivity index (χ2n) is 5.85. The fourth-order valence-electron chi connectivity index (χ4n) is 3.24. The van der Waals surface area contributed by atoms with Crippen molar-refractivity contribution in [1.82, 2.24) is 14.0 Å². The van der Waals surface area contributed by atoms with Crippen LogP contribution in [0.3, 0.4) is 0 Å². The van der Waals surface area contributed by atoms with E-state index in [1.165, 1.54) is 11.3 Å². The van der Waals surface area contributed by atoms with Crippen LogP contribution in [-0.2, 0) is 7.05 Å². The zero-order chi connectivity index (χ0) is 16.3. The molecular weight excluding hydrogens is 318 g/mol. The molecule has 4 nitrogen and oxygen atoms in total. The Labute approximate surface area is 140 Å². The van der Waals surface area contributed by atoms with Gasteiger partial charge in [0.2, 0.25) is 0 Å². The van der Waals surface area contributed by atoms with Crippen molar-refractivity contribution in [2.24, 2.45) is 7.05 Å². The topological polar surface area (TPSA) is 39.3 Å². The van der Waals surface area contributed by atoms with Gasteiger partial charge in [0.25, 0.3) is 5.56 Å². The first-order chi connectivity index (χ1) is 11.7. The van der Waals surface area contributed by atoms with Crippen LogP contribution in [0.15, 0.2) is 59.5 Å². The van der Waals surface area contributed by atoms with Crippen LogP contribution in [0.25, 0.3) is 33.0 Å². The molecule has 0 radical (unpaired) electrons. The van der Waals surface area contributed by atoms with E-state index < -0.39 is 0 Å².